The zero-order valence-electron chi connectivity index (χ0n) is 9.07. The minimum absolute atomic E-state index is 0.330. The van der Waals surface area contributed by atoms with Gasteiger partial charge in [-0.25, -0.2) is 0 Å². The van der Waals surface area contributed by atoms with Crippen molar-refractivity contribution < 1.29 is 4.74 Å². The van der Waals surface area contributed by atoms with Crippen LogP contribution in [-0.4, -0.2) is 12.1 Å². The van der Waals surface area contributed by atoms with Crippen molar-refractivity contribution in [1.82, 2.24) is 5.32 Å². The third-order valence-corrected chi connectivity index (χ3v) is 3.20. The summed E-state index contributed by atoms with van der Waals surface area (Å²) in [5.41, 5.74) is 1.34. The summed E-state index contributed by atoms with van der Waals surface area (Å²) in [7, 11) is 0. The minimum Gasteiger partial charge on any atom is -0.490 e. The van der Waals surface area contributed by atoms with Crippen LogP contribution in [0.1, 0.15) is 37.8 Å². The Morgan fingerprint density at radius 1 is 1.27 bits per heavy atom. The van der Waals surface area contributed by atoms with Crippen LogP contribution < -0.4 is 10.1 Å². The van der Waals surface area contributed by atoms with Crippen molar-refractivity contribution in [3.8, 4) is 5.75 Å². The SMILES string of the molecule is CC1CC(NC2CC2)c2ccccc2O1. The Bertz CT molecular complexity index is 359. The molecule has 1 N–H and O–H groups in total. The van der Waals surface area contributed by atoms with Crippen LogP contribution in [0, 0.1) is 0 Å². The largest absolute Gasteiger partial charge is 0.490 e. The summed E-state index contributed by atoms with van der Waals surface area (Å²) in [6, 6.07) is 9.66. The zero-order valence-corrected chi connectivity index (χ0v) is 9.07. The van der Waals surface area contributed by atoms with E-state index in [1.807, 2.05) is 6.07 Å². The van der Waals surface area contributed by atoms with Crippen LogP contribution in [0.15, 0.2) is 24.3 Å². The summed E-state index contributed by atoms with van der Waals surface area (Å²) in [5, 5.41) is 3.70. The third kappa shape index (κ3) is 1.86. The molecule has 0 saturated heterocycles. The summed E-state index contributed by atoms with van der Waals surface area (Å²) >= 11 is 0. The van der Waals surface area contributed by atoms with Gasteiger partial charge in [0.2, 0.25) is 0 Å². The van der Waals surface area contributed by atoms with Gasteiger partial charge < -0.3 is 10.1 Å². The van der Waals surface area contributed by atoms with E-state index in [0.29, 0.717) is 12.1 Å². The Kier molecular flexibility index (Phi) is 2.17. The molecule has 1 heterocycles. The van der Waals surface area contributed by atoms with Crippen molar-refractivity contribution in [2.45, 2.75) is 44.4 Å². The fraction of sp³-hybridized carbons (Fsp3) is 0.538. The molecule has 15 heavy (non-hydrogen) atoms. The van der Waals surface area contributed by atoms with Gasteiger partial charge in [-0.15, -0.1) is 0 Å². The molecule has 80 valence electrons. The van der Waals surface area contributed by atoms with E-state index < -0.39 is 0 Å². The number of hydrogen-bond donors (Lipinski definition) is 1. The molecular formula is C13H17NO. The second-order valence-electron chi connectivity index (χ2n) is 4.70. The van der Waals surface area contributed by atoms with Gasteiger partial charge in [-0.3, -0.25) is 0 Å². The Balaban J connectivity index is 1.87. The lowest BCUT2D eigenvalue weighted by Crippen LogP contribution is -2.32. The second-order valence-corrected chi connectivity index (χ2v) is 4.70. The first-order valence-electron chi connectivity index (χ1n) is 5.84. The number of nitrogens with one attached hydrogen (secondary N) is 1. The molecule has 0 aromatic heterocycles. The van der Waals surface area contributed by atoms with Gasteiger partial charge in [0.15, 0.2) is 0 Å². The van der Waals surface area contributed by atoms with Gasteiger partial charge in [-0.05, 0) is 25.8 Å². The minimum atomic E-state index is 0.330. The second kappa shape index (κ2) is 3.53. The number of fused-ring (bicyclic) bond motifs is 1. The molecule has 2 heteroatoms. The molecule has 1 aliphatic heterocycles. The van der Waals surface area contributed by atoms with E-state index in [1.165, 1.54) is 18.4 Å². The molecule has 2 nitrogen and oxygen atoms in total. The van der Waals surface area contributed by atoms with Crippen molar-refractivity contribution in [2.75, 3.05) is 0 Å². The molecule has 0 bridgehead atoms. The Morgan fingerprint density at radius 3 is 2.87 bits per heavy atom. The maximum Gasteiger partial charge on any atom is 0.124 e. The number of rotatable bonds is 2. The van der Waals surface area contributed by atoms with Crippen molar-refractivity contribution in [2.24, 2.45) is 0 Å². The molecule has 2 aliphatic rings. The molecule has 2 atom stereocenters. The average molecular weight is 203 g/mol. The fourth-order valence-electron chi connectivity index (χ4n) is 2.29. The van der Waals surface area contributed by atoms with E-state index in [0.717, 1.165) is 18.2 Å². The van der Waals surface area contributed by atoms with Gasteiger partial charge in [0.1, 0.15) is 5.75 Å². The first kappa shape index (κ1) is 9.22. The van der Waals surface area contributed by atoms with Crippen LogP contribution >= 0.6 is 0 Å². The molecule has 1 aromatic carbocycles. The first-order chi connectivity index (χ1) is 7.33. The van der Waals surface area contributed by atoms with Crippen LogP contribution in [0.3, 0.4) is 0 Å². The summed E-state index contributed by atoms with van der Waals surface area (Å²) in [5.74, 6) is 1.06. The maximum atomic E-state index is 5.82. The van der Waals surface area contributed by atoms with E-state index in [-0.39, 0.29) is 0 Å². The monoisotopic (exact) mass is 203 g/mol. The quantitative estimate of drug-likeness (QED) is 0.797. The normalized spacial score (nSPS) is 29.4. The molecule has 1 aromatic rings. The Morgan fingerprint density at radius 2 is 2.07 bits per heavy atom. The molecule has 1 fully saturated rings. The number of para-hydroxylation sites is 1. The van der Waals surface area contributed by atoms with E-state index in [1.54, 1.807) is 0 Å². The maximum absolute atomic E-state index is 5.82. The molecule has 2 unspecified atom stereocenters. The number of benzene rings is 1. The van der Waals surface area contributed by atoms with E-state index >= 15 is 0 Å². The van der Waals surface area contributed by atoms with E-state index in [9.17, 15) is 0 Å². The first-order valence-corrected chi connectivity index (χ1v) is 5.84. The zero-order chi connectivity index (χ0) is 10.3. The highest BCUT2D eigenvalue weighted by atomic mass is 16.5. The molecular weight excluding hydrogens is 186 g/mol. The molecule has 0 spiro atoms. The van der Waals surface area contributed by atoms with Gasteiger partial charge in [0.25, 0.3) is 0 Å². The van der Waals surface area contributed by atoms with Crippen LogP contribution in [0.4, 0.5) is 0 Å². The molecule has 1 aliphatic carbocycles. The standard InChI is InChI=1S/C13H17NO/c1-9-8-12(14-10-6-7-10)11-4-2-3-5-13(11)15-9/h2-5,9-10,12,14H,6-8H2,1H3. The molecule has 0 radical (unpaired) electrons. The number of ether oxygens (including phenoxy) is 1. The predicted octanol–water partition coefficient (Wildman–Crippen LogP) is 2.65. The Labute approximate surface area is 90.6 Å². The summed E-state index contributed by atoms with van der Waals surface area (Å²) in [6.07, 6.45) is 4.10. The van der Waals surface area contributed by atoms with Crippen molar-refractivity contribution in [1.29, 1.82) is 0 Å². The summed E-state index contributed by atoms with van der Waals surface area (Å²) in [6.45, 7) is 2.15. The van der Waals surface area contributed by atoms with Gasteiger partial charge in [-0.1, -0.05) is 18.2 Å². The van der Waals surface area contributed by atoms with Crippen LogP contribution in [0.5, 0.6) is 5.75 Å². The lowest BCUT2D eigenvalue weighted by Gasteiger charge is -2.31. The van der Waals surface area contributed by atoms with Crippen molar-refractivity contribution in [3.63, 3.8) is 0 Å². The van der Waals surface area contributed by atoms with Gasteiger partial charge in [0, 0.05) is 24.1 Å². The highest BCUT2D eigenvalue weighted by Gasteiger charge is 2.30. The highest BCUT2D eigenvalue weighted by Crippen LogP contribution is 2.36. The predicted molar refractivity (Wildman–Crippen MR) is 60.0 cm³/mol. The van der Waals surface area contributed by atoms with Gasteiger partial charge >= 0.3 is 0 Å². The highest BCUT2D eigenvalue weighted by molar-refractivity contribution is 5.38. The topological polar surface area (TPSA) is 21.3 Å². The Hall–Kier alpha value is -1.02. The molecule has 1 saturated carbocycles. The smallest absolute Gasteiger partial charge is 0.124 e. The van der Waals surface area contributed by atoms with E-state index in [4.69, 9.17) is 4.74 Å². The van der Waals surface area contributed by atoms with Crippen LogP contribution in [0.2, 0.25) is 0 Å². The van der Waals surface area contributed by atoms with Crippen LogP contribution in [-0.2, 0) is 0 Å². The lowest BCUT2D eigenvalue weighted by atomic mass is 9.97. The molecule has 3 rings (SSSR count). The lowest BCUT2D eigenvalue weighted by molar-refractivity contribution is 0.166. The average Bonchev–Trinajstić information content (AvgIpc) is 3.01. The fourth-order valence-corrected chi connectivity index (χ4v) is 2.29. The molecule has 0 amide bonds. The van der Waals surface area contributed by atoms with Gasteiger partial charge in [-0.2, -0.15) is 0 Å². The summed E-state index contributed by atoms with van der Waals surface area (Å²) in [4.78, 5) is 0. The third-order valence-electron chi connectivity index (χ3n) is 3.20. The van der Waals surface area contributed by atoms with E-state index in [2.05, 4.69) is 30.4 Å². The van der Waals surface area contributed by atoms with Crippen molar-refractivity contribution in [3.05, 3.63) is 29.8 Å². The van der Waals surface area contributed by atoms with Crippen molar-refractivity contribution >= 4 is 0 Å². The van der Waals surface area contributed by atoms with Crippen LogP contribution in [0.25, 0.3) is 0 Å². The number of hydrogen-bond acceptors (Lipinski definition) is 2. The summed E-state index contributed by atoms with van der Waals surface area (Å²) < 4.78 is 5.82. The van der Waals surface area contributed by atoms with Gasteiger partial charge in [0.05, 0.1) is 6.10 Å².